The zero-order chi connectivity index (χ0) is 15.8. The van der Waals surface area contributed by atoms with E-state index in [4.69, 9.17) is 9.84 Å². The molecule has 0 fully saturated rings. The van der Waals surface area contributed by atoms with E-state index in [9.17, 15) is 4.79 Å². The van der Waals surface area contributed by atoms with Gasteiger partial charge in [0.15, 0.2) is 0 Å². The summed E-state index contributed by atoms with van der Waals surface area (Å²) in [4.78, 5) is 14.2. The van der Waals surface area contributed by atoms with Crippen molar-refractivity contribution in [3.05, 3.63) is 21.0 Å². The number of anilines is 1. The second kappa shape index (κ2) is 9.14. The van der Waals surface area contributed by atoms with Gasteiger partial charge in [0.1, 0.15) is 4.47 Å². The van der Waals surface area contributed by atoms with Crippen LogP contribution in [0.1, 0.15) is 6.42 Å². The number of nitrogens with one attached hydrogen (secondary N) is 1. The van der Waals surface area contributed by atoms with Gasteiger partial charge >= 0.3 is 0 Å². The van der Waals surface area contributed by atoms with Gasteiger partial charge < -0.3 is 20.1 Å². The van der Waals surface area contributed by atoms with Gasteiger partial charge in [-0.3, -0.25) is 4.79 Å². The van der Waals surface area contributed by atoms with Crippen LogP contribution in [0.3, 0.4) is 0 Å². The molecule has 0 aliphatic carbocycles. The third-order valence-electron chi connectivity index (χ3n) is 2.95. The van der Waals surface area contributed by atoms with Gasteiger partial charge in [0.05, 0.1) is 31.1 Å². The summed E-state index contributed by atoms with van der Waals surface area (Å²) >= 11 is 3.32. The smallest absolute Gasteiger partial charge is 0.283 e. The Bertz CT molecular complexity index is 487. The molecule has 1 unspecified atom stereocenters. The van der Waals surface area contributed by atoms with E-state index in [1.165, 1.54) is 4.68 Å². The summed E-state index contributed by atoms with van der Waals surface area (Å²) < 4.78 is 6.95. The topological polar surface area (TPSA) is 79.6 Å². The molecule has 1 aromatic rings. The van der Waals surface area contributed by atoms with Crippen LogP contribution in [0.2, 0.25) is 0 Å². The first kappa shape index (κ1) is 18.1. The number of aromatic nitrogens is 2. The molecule has 0 saturated heterocycles. The van der Waals surface area contributed by atoms with Crippen LogP contribution >= 0.6 is 15.9 Å². The maximum atomic E-state index is 12.2. The minimum atomic E-state index is -0.179. The van der Waals surface area contributed by atoms with Crippen molar-refractivity contribution in [3.63, 3.8) is 0 Å². The van der Waals surface area contributed by atoms with E-state index in [2.05, 4.69) is 26.3 Å². The second-order valence-corrected chi connectivity index (χ2v) is 5.81. The fourth-order valence-corrected chi connectivity index (χ4v) is 2.22. The molecule has 1 aromatic heterocycles. The van der Waals surface area contributed by atoms with Crippen LogP contribution in [0, 0.1) is 0 Å². The van der Waals surface area contributed by atoms with Crippen LogP contribution in [0.15, 0.2) is 15.5 Å². The normalized spacial score (nSPS) is 12.7. The number of rotatable bonds is 9. The highest BCUT2D eigenvalue weighted by Crippen LogP contribution is 2.18. The first-order valence-electron chi connectivity index (χ1n) is 6.76. The number of likely N-dealkylation sites (N-methyl/N-ethyl adjacent to an activating group) is 1. The number of ether oxygens (including phenoxy) is 1. The van der Waals surface area contributed by atoms with E-state index in [1.54, 1.807) is 13.3 Å². The first-order valence-corrected chi connectivity index (χ1v) is 7.55. The number of nitrogens with zero attached hydrogens (tertiary/aromatic N) is 3. The molecule has 0 aromatic carbocycles. The van der Waals surface area contributed by atoms with Crippen LogP contribution in [0.4, 0.5) is 5.69 Å². The van der Waals surface area contributed by atoms with Gasteiger partial charge in [-0.15, -0.1) is 0 Å². The van der Waals surface area contributed by atoms with Gasteiger partial charge in [-0.05, 0) is 36.4 Å². The number of hydrogen-bond donors (Lipinski definition) is 2. The lowest BCUT2D eigenvalue weighted by molar-refractivity contribution is 0.170. The highest BCUT2D eigenvalue weighted by Gasteiger charge is 2.13. The molecule has 0 aliphatic rings. The summed E-state index contributed by atoms with van der Waals surface area (Å²) in [5.41, 5.74) is 0.429. The fourth-order valence-electron chi connectivity index (χ4n) is 1.79. The van der Waals surface area contributed by atoms with Crippen LogP contribution in [0.25, 0.3) is 0 Å². The van der Waals surface area contributed by atoms with Crippen molar-refractivity contribution in [2.45, 2.75) is 19.0 Å². The highest BCUT2D eigenvalue weighted by atomic mass is 79.9. The fraction of sp³-hybridized carbons (Fsp3) is 0.692. The Morgan fingerprint density at radius 1 is 1.57 bits per heavy atom. The van der Waals surface area contributed by atoms with Crippen molar-refractivity contribution in [1.29, 1.82) is 0 Å². The SMILES string of the molecule is COCC(CCO)Nc1cnn(CCN(C)C)c(=O)c1Br. The third kappa shape index (κ3) is 5.74. The van der Waals surface area contributed by atoms with E-state index in [-0.39, 0.29) is 18.2 Å². The molecule has 0 amide bonds. The average Bonchev–Trinajstić information content (AvgIpc) is 2.43. The van der Waals surface area contributed by atoms with Crippen molar-refractivity contribution in [2.24, 2.45) is 0 Å². The zero-order valence-electron chi connectivity index (χ0n) is 12.7. The number of methoxy groups -OCH3 is 1. The first-order chi connectivity index (χ1) is 9.99. The van der Waals surface area contributed by atoms with E-state index >= 15 is 0 Å². The Balaban J connectivity index is 2.85. The number of aliphatic hydroxyl groups is 1. The number of hydrogen-bond acceptors (Lipinski definition) is 6. The molecule has 120 valence electrons. The van der Waals surface area contributed by atoms with Crippen molar-refractivity contribution in [3.8, 4) is 0 Å². The Hall–Kier alpha value is -0.960. The van der Waals surface area contributed by atoms with Gasteiger partial charge in [0.25, 0.3) is 5.56 Å². The van der Waals surface area contributed by atoms with Crippen LogP contribution in [0.5, 0.6) is 0 Å². The van der Waals surface area contributed by atoms with E-state index in [0.29, 0.717) is 29.7 Å². The summed E-state index contributed by atoms with van der Waals surface area (Å²) in [6.07, 6.45) is 2.14. The van der Waals surface area contributed by atoms with Gasteiger partial charge in [-0.2, -0.15) is 5.10 Å². The standard InChI is InChI=1S/C13H23BrN4O3/c1-17(2)5-6-18-13(20)12(14)11(8-15-18)16-10(4-7-19)9-21-3/h8,10,16,19H,4-7,9H2,1-3H3. The molecule has 7 nitrogen and oxygen atoms in total. The van der Waals surface area contributed by atoms with Crippen molar-refractivity contribution in [2.75, 3.05) is 46.3 Å². The maximum Gasteiger partial charge on any atom is 0.283 e. The molecule has 8 heteroatoms. The molecule has 0 bridgehead atoms. The Morgan fingerprint density at radius 2 is 2.29 bits per heavy atom. The molecule has 1 rings (SSSR count). The number of aliphatic hydroxyl groups excluding tert-OH is 1. The summed E-state index contributed by atoms with van der Waals surface area (Å²) in [5, 5.41) is 16.4. The van der Waals surface area contributed by atoms with Crippen molar-refractivity contribution in [1.82, 2.24) is 14.7 Å². The molecule has 1 heterocycles. The number of halogens is 1. The highest BCUT2D eigenvalue weighted by molar-refractivity contribution is 9.10. The van der Waals surface area contributed by atoms with Crippen LogP contribution < -0.4 is 10.9 Å². The molecule has 0 spiro atoms. The van der Waals surface area contributed by atoms with Crippen LogP contribution in [-0.2, 0) is 11.3 Å². The molecule has 1 atom stereocenters. The minimum absolute atomic E-state index is 0.0476. The third-order valence-corrected chi connectivity index (χ3v) is 3.72. The molecule has 0 aliphatic heterocycles. The summed E-state index contributed by atoms with van der Waals surface area (Å²) in [5.74, 6) is 0. The van der Waals surface area contributed by atoms with E-state index in [0.717, 1.165) is 6.54 Å². The quantitative estimate of drug-likeness (QED) is 0.660. The molecule has 0 saturated carbocycles. The van der Waals surface area contributed by atoms with Gasteiger partial charge in [-0.1, -0.05) is 0 Å². The monoisotopic (exact) mass is 362 g/mol. The summed E-state index contributed by atoms with van der Waals surface area (Å²) in [7, 11) is 5.49. The minimum Gasteiger partial charge on any atom is -0.396 e. The van der Waals surface area contributed by atoms with E-state index < -0.39 is 0 Å². The van der Waals surface area contributed by atoms with Gasteiger partial charge in [0.2, 0.25) is 0 Å². The Morgan fingerprint density at radius 3 is 2.86 bits per heavy atom. The van der Waals surface area contributed by atoms with Gasteiger partial charge in [-0.25, -0.2) is 4.68 Å². The predicted molar refractivity (Wildman–Crippen MR) is 85.7 cm³/mol. The lowest BCUT2D eigenvalue weighted by atomic mass is 10.2. The van der Waals surface area contributed by atoms with E-state index in [1.807, 2.05) is 19.0 Å². The average molecular weight is 363 g/mol. The second-order valence-electron chi connectivity index (χ2n) is 5.01. The molecule has 21 heavy (non-hydrogen) atoms. The zero-order valence-corrected chi connectivity index (χ0v) is 14.3. The maximum absolute atomic E-state index is 12.2. The lowest BCUT2D eigenvalue weighted by Gasteiger charge is -2.19. The lowest BCUT2D eigenvalue weighted by Crippen LogP contribution is -2.31. The molecular weight excluding hydrogens is 340 g/mol. The Labute approximate surface area is 133 Å². The molecule has 0 radical (unpaired) electrons. The Kier molecular flexibility index (Phi) is 7.87. The molecular formula is C13H23BrN4O3. The van der Waals surface area contributed by atoms with Crippen molar-refractivity contribution >= 4 is 21.6 Å². The van der Waals surface area contributed by atoms with Gasteiger partial charge in [0, 0.05) is 20.3 Å². The molecule has 2 N–H and O–H groups in total. The summed E-state index contributed by atoms with van der Waals surface area (Å²) in [6, 6.07) is -0.0740. The largest absolute Gasteiger partial charge is 0.396 e. The van der Waals surface area contributed by atoms with Crippen molar-refractivity contribution < 1.29 is 9.84 Å². The predicted octanol–water partition coefficient (Wildman–Crippen LogP) is 0.377. The summed E-state index contributed by atoms with van der Waals surface area (Å²) in [6.45, 7) is 1.76. The van der Waals surface area contributed by atoms with Crippen LogP contribution in [-0.4, -0.2) is 66.8 Å².